The minimum atomic E-state index is -2.86. The maximum atomic E-state index is 12.5. The molecule has 0 amide bonds. The average Bonchev–Trinajstić information content (AvgIpc) is 3.08. The number of benzene rings is 1. The summed E-state index contributed by atoms with van der Waals surface area (Å²) in [7, 11) is 0. The summed E-state index contributed by atoms with van der Waals surface area (Å²) >= 11 is 0. The van der Waals surface area contributed by atoms with E-state index in [2.05, 4.69) is 25.5 Å². The van der Waals surface area contributed by atoms with Crippen molar-refractivity contribution >= 4 is 5.96 Å². The standard InChI is InChI=1S/C17H23F2N5O/c1-3-20-17(21-8-10-24-9-4-7-23-24)22-12-14-11-13(2)5-6-15(14)25-16(18)19/h4-7,9,11,16H,3,8,10,12H2,1-2H3,(H2,20,21,22). The van der Waals surface area contributed by atoms with Crippen molar-refractivity contribution in [2.45, 2.75) is 33.5 Å². The minimum absolute atomic E-state index is 0.150. The van der Waals surface area contributed by atoms with Crippen LogP contribution < -0.4 is 15.4 Å². The molecule has 0 bridgehead atoms. The van der Waals surface area contributed by atoms with Gasteiger partial charge < -0.3 is 15.4 Å². The van der Waals surface area contributed by atoms with Crippen LogP contribution in [0.4, 0.5) is 8.78 Å². The monoisotopic (exact) mass is 351 g/mol. The number of halogens is 2. The summed E-state index contributed by atoms with van der Waals surface area (Å²) in [5.74, 6) is 0.760. The summed E-state index contributed by atoms with van der Waals surface area (Å²) in [6.07, 6.45) is 3.61. The predicted molar refractivity (Wildman–Crippen MR) is 92.9 cm³/mol. The van der Waals surface area contributed by atoms with Gasteiger partial charge in [-0.25, -0.2) is 4.99 Å². The number of nitrogens with one attached hydrogen (secondary N) is 2. The molecular weight excluding hydrogens is 328 g/mol. The van der Waals surface area contributed by atoms with Gasteiger partial charge >= 0.3 is 6.61 Å². The Morgan fingerprint density at radius 2 is 2.20 bits per heavy atom. The SMILES string of the molecule is CCNC(=NCc1cc(C)ccc1OC(F)F)NCCn1cccn1. The summed E-state index contributed by atoms with van der Waals surface area (Å²) < 4.78 is 31.4. The smallest absolute Gasteiger partial charge is 0.387 e. The lowest BCUT2D eigenvalue weighted by Gasteiger charge is -2.13. The Morgan fingerprint density at radius 3 is 2.88 bits per heavy atom. The van der Waals surface area contributed by atoms with E-state index in [-0.39, 0.29) is 12.3 Å². The van der Waals surface area contributed by atoms with Crippen molar-refractivity contribution < 1.29 is 13.5 Å². The van der Waals surface area contributed by atoms with Crippen LogP contribution in [-0.4, -0.2) is 35.4 Å². The topological polar surface area (TPSA) is 63.5 Å². The van der Waals surface area contributed by atoms with Gasteiger partial charge in [-0.15, -0.1) is 0 Å². The molecule has 6 nitrogen and oxygen atoms in total. The first kappa shape index (κ1) is 18.7. The Kier molecular flexibility index (Phi) is 7.18. The van der Waals surface area contributed by atoms with Crippen LogP contribution in [0.5, 0.6) is 5.75 Å². The van der Waals surface area contributed by atoms with Gasteiger partial charge in [0.2, 0.25) is 0 Å². The zero-order valence-electron chi connectivity index (χ0n) is 14.4. The highest BCUT2D eigenvalue weighted by Gasteiger charge is 2.10. The van der Waals surface area contributed by atoms with Crippen LogP contribution in [0, 0.1) is 6.92 Å². The van der Waals surface area contributed by atoms with Crippen LogP contribution in [0.3, 0.4) is 0 Å². The number of nitrogens with zero attached hydrogens (tertiary/aromatic N) is 3. The third-order valence-electron chi connectivity index (χ3n) is 3.38. The van der Waals surface area contributed by atoms with Crippen molar-refractivity contribution in [3.05, 3.63) is 47.8 Å². The first-order valence-electron chi connectivity index (χ1n) is 8.12. The van der Waals surface area contributed by atoms with Crippen molar-refractivity contribution in [3.63, 3.8) is 0 Å². The number of hydrogen-bond donors (Lipinski definition) is 2. The predicted octanol–water partition coefficient (Wildman–Crippen LogP) is 2.55. The number of guanidine groups is 1. The summed E-state index contributed by atoms with van der Waals surface area (Å²) in [4.78, 5) is 4.45. The molecule has 0 aliphatic carbocycles. The summed E-state index contributed by atoms with van der Waals surface area (Å²) in [5, 5.41) is 10.5. The second-order valence-corrected chi connectivity index (χ2v) is 5.38. The molecule has 0 atom stereocenters. The van der Waals surface area contributed by atoms with E-state index in [1.54, 1.807) is 24.4 Å². The van der Waals surface area contributed by atoms with Crippen LogP contribution in [-0.2, 0) is 13.1 Å². The molecule has 25 heavy (non-hydrogen) atoms. The van der Waals surface area contributed by atoms with Gasteiger partial charge in [-0.3, -0.25) is 4.68 Å². The molecule has 2 aromatic rings. The number of aryl methyl sites for hydroxylation is 1. The minimum Gasteiger partial charge on any atom is -0.434 e. The first-order chi connectivity index (χ1) is 12.1. The van der Waals surface area contributed by atoms with Gasteiger partial charge in [0, 0.05) is 31.0 Å². The van der Waals surface area contributed by atoms with Gasteiger partial charge in [0.05, 0.1) is 13.1 Å². The van der Waals surface area contributed by atoms with E-state index in [9.17, 15) is 8.78 Å². The second kappa shape index (κ2) is 9.61. The Morgan fingerprint density at radius 1 is 1.36 bits per heavy atom. The summed E-state index contributed by atoms with van der Waals surface area (Å²) in [6, 6.07) is 6.94. The fraction of sp³-hybridized carbons (Fsp3) is 0.412. The van der Waals surface area contributed by atoms with Gasteiger partial charge in [-0.1, -0.05) is 17.7 Å². The average molecular weight is 351 g/mol. The Bertz CT molecular complexity index is 674. The third-order valence-corrected chi connectivity index (χ3v) is 3.38. The molecular formula is C17H23F2N5O. The van der Waals surface area contributed by atoms with Gasteiger partial charge in [0.25, 0.3) is 0 Å². The molecule has 0 spiro atoms. The molecule has 136 valence electrons. The first-order valence-corrected chi connectivity index (χ1v) is 8.12. The van der Waals surface area contributed by atoms with Gasteiger partial charge in [-0.2, -0.15) is 13.9 Å². The molecule has 0 aliphatic rings. The molecule has 0 saturated carbocycles. The Balaban J connectivity index is 2.00. The molecule has 2 rings (SSSR count). The fourth-order valence-electron chi connectivity index (χ4n) is 2.27. The van der Waals surface area contributed by atoms with Crippen LogP contribution >= 0.6 is 0 Å². The van der Waals surface area contributed by atoms with Crippen LogP contribution in [0.2, 0.25) is 0 Å². The zero-order valence-corrected chi connectivity index (χ0v) is 14.4. The molecule has 1 aromatic heterocycles. The van der Waals surface area contributed by atoms with Crippen LogP contribution in [0.15, 0.2) is 41.7 Å². The van der Waals surface area contributed by atoms with E-state index in [0.717, 1.165) is 5.56 Å². The summed E-state index contributed by atoms with van der Waals surface area (Å²) in [5.41, 5.74) is 1.58. The Hall–Kier alpha value is -2.64. The molecule has 8 heteroatoms. The normalized spacial score (nSPS) is 11.6. The number of aliphatic imine (C=N–C) groups is 1. The highest BCUT2D eigenvalue weighted by Crippen LogP contribution is 2.22. The van der Waals surface area contributed by atoms with Gasteiger partial charge in [0.15, 0.2) is 5.96 Å². The van der Waals surface area contributed by atoms with E-state index in [1.807, 2.05) is 30.8 Å². The van der Waals surface area contributed by atoms with Crippen molar-refractivity contribution in [2.75, 3.05) is 13.1 Å². The number of ether oxygens (including phenoxy) is 1. The lowest BCUT2D eigenvalue weighted by Crippen LogP contribution is -2.38. The lowest BCUT2D eigenvalue weighted by molar-refractivity contribution is -0.0504. The fourth-order valence-corrected chi connectivity index (χ4v) is 2.27. The third kappa shape index (κ3) is 6.40. The number of alkyl halides is 2. The molecule has 1 heterocycles. The molecule has 0 aliphatic heterocycles. The highest BCUT2D eigenvalue weighted by atomic mass is 19.3. The molecule has 0 saturated heterocycles. The lowest BCUT2D eigenvalue weighted by atomic mass is 10.1. The molecule has 0 radical (unpaired) electrons. The number of aromatic nitrogens is 2. The molecule has 0 fully saturated rings. The highest BCUT2D eigenvalue weighted by molar-refractivity contribution is 5.79. The summed E-state index contributed by atoms with van der Waals surface area (Å²) in [6.45, 7) is 3.27. The van der Waals surface area contributed by atoms with E-state index >= 15 is 0 Å². The molecule has 0 unspecified atom stereocenters. The van der Waals surface area contributed by atoms with Gasteiger partial charge in [0.1, 0.15) is 5.75 Å². The van der Waals surface area contributed by atoms with E-state index < -0.39 is 6.61 Å². The Labute approximate surface area is 145 Å². The number of rotatable bonds is 8. The van der Waals surface area contributed by atoms with Crippen LogP contribution in [0.1, 0.15) is 18.1 Å². The van der Waals surface area contributed by atoms with E-state index in [0.29, 0.717) is 31.2 Å². The second-order valence-electron chi connectivity index (χ2n) is 5.38. The quantitative estimate of drug-likeness (QED) is 0.567. The largest absolute Gasteiger partial charge is 0.434 e. The van der Waals surface area contributed by atoms with Crippen molar-refractivity contribution in [1.29, 1.82) is 0 Å². The maximum Gasteiger partial charge on any atom is 0.387 e. The molecule has 2 N–H and O–H groups in total. The molecule has 1 aromatic carbocycles. The van der Waals surface area contributed by atoms with Crippen LogP contribution in [0.25, 0.3) is 0 Å². The zero-order chi connectivity index (χ0) is 18.1. The maximum absolute atomic E-state index is 12.5. The number of hydrogen-bond acceptors (Lipinski definition) is 3. The van der Waals surface area contributed by atoms with Gasteiger partial charge in [-0.05, 0) is 26.0 Å². The van der Waals surface area contributed by atoms with E-state index in [1.165, 1.54) is 0 Å². The van der Waals surface area contributed by atoms with Crippen molar-refractivity contribution in [1.82, 2.24) is 20.4 Å². The van der Waals surface area contributed by atoms with Crippen molar-refractivity contribution in [2.24, 2.45) is 4.99 Å². The van der Waals surface area contributed by atoms with Crippen molar-refractivity contribution in [3.8, 4) is 5.75 Å². The van der Waals surface area contributed by atoms with E-state index in [4.69, 9.17) is 0 Å².